The van der Waals surface area contributed by atoms with Gasteiger partial charge < -0.3 is 0 Å². The Morgan fingerprint density at radius 2 is 2.04 bits per heavy atom. The van der Waals surface area contributed by atoms with Crippen molar-refractivity contribution in [2.45, 2.75) is 26.3 Å². The van der Waals surface area contributed by atoms with Crippen molar-refractivity contribution in [3.05, 3.63) is 50.6 Å². The van der Waals surface area contributed by atoms with Crippen molar-refractivity contribution in [3.8, 4) is 0 Å². The first-order chi connectivity index (χ1) is 10.6. The van der Waals surface area contributed by atoms with Crippen molar-refractivity contribution in [2.24, 2.45) is 5.10 Å². The van der Waals surface area contributed by atoms with Crippen molar-refractivity contribution in [1.29, 1.82) is 0 Å². The molecule has 0 aliphatic heterocycles. The standard InChI is InChI=1S/C14H16Cl2N4O3/c1-14(2,3)19(9-12(15)16)13(21)18-17-8-10-5-4-6-11(7-10)20(22)23/h4-9H,1-3H3,(H,18,21). The van der Waals surface area contributed by atoms with E-state index in [0.717, 1.165) is 0 Å². The van der Waals surface area contributed by atoms with Gasteiger partial charge in [-0.25, -0.2) is 10.2 Å². The second-order valence-corrected chi connectivity index (χ2v) is 6.49. The van der Waals surface area contributed by atoms with Crippen LogP contribution < -0.4 is 5.43 Å². The van der Waals surface area contributed by atoms with Gasteiger partial charge in [-0.3, -0.25) is 15.0 Å². The number of nitro benzene ring substituents is 1. The van der Waals surface area contributed by atoms with Gasteiger partial charge in [0.1, 0.15) is 4.49 Å². The highest BCUT2D eigenvalue weighted by Crippen LogP contribution is 2.18. The Morgan fingerprint density at radius 3 is 2.57 bits per heavy atom. The highest BCUT2D eigenvalue weighted by molar-refractivity contribution is 6.55. The molecule has 0 saturated carbocycles. The van der Waals surface area contributed by atoms with E-state index in [-0.39, 0.29) is 10.2 Å². The maximum atomic E-state index is 12.1. The number of carbonyl (C=O) groups excluding carboxylic acids is 1. The molecule has 23 heavy (non-hydrogen) atoms. The molecule has 0 bridgehead atoms. The van der Waals surface area contributed by atoms with Gasteiger partial charge in [-0.15, -0.1) is 0 Å². The molecule has 0 aromatic heterocycles. The summed E-state index contributed by atoms with van der Waals surface area (Å²) in [4.78, 5) is 23.6. The normalized spacial score (nSPS) is 11.2. The van der Waals surface area contributed by atoms with Crippen molar-refractivity contribution in [2.75, 3.05) is 0 Å². The van der Waals surface area contributed by atoms with E-state index in [4.69, 9.17) is 23.2 Å². The minimum Gasteiger partial charge on any atom is -0.292 e. The number of urea groups is 1. The van der Waals surface area contributed by atoms with Crippen molar-refractivity contribution in [3.63, 3.8) is 0 Å². The molecule has 124 valence electrons. The third kappa shape index (κ3) is 6.25. The first-order valence-corrected chi connectivity index (χ1v) is 7.26. The predicted molar refractivity (Wildman–Crippen MR) is 90.6 cm³/mol. The van der Waals surface area contributed by atoms with Gasteiger partial charge >= 0.3 is 6.03 Å². The number of amides is 2. The van der Waals surface area contributed by atoms with E-state index >= 15 is 0 Å². The van der Waals surface area contributed by atoms with Crippen LogP contribution in [0.25, 0.3) is 0 Å². The van der Waals surface area contributed by atoms with Crippen LogP contribution in [0.3, 0.4) is 0 Å². The van der Waals surface area contributed by atoms with Crippen LogP contribution in [0, 0.1) is 10.1 Å². The monoisotopic (exact) mass is 358 g/mol. The number of non-ortho nitro benzene ring substituents is 1. The van der Waals surface area contributed by atoms with Gasteiger partial charge in [-0.1, -0.05) is 35.3 Å². The van der Waals surface area contributed by atoms with Crippen molar-refractivity contribution < 1.29 is 9.72 Å². The number of hydrogen-bond acceptors (Lipinski definition) is 4. The Labute approximate surface area is 143 Å². The largest absolute Gasteiger partial charge is 0.342 e. The highest BCUT2D eigenvalue weighted by atomic mass is 35.5. The lowest BCUT2D eigenvalue weighted by atomic mass is 10.1. The van der Waals surface area contributed by atoms with Crippen LogP contribution in [-0.4, -0.2) is 27.6 Å². The molecule has 1 N–H and O–H groups in total. The van der Waals surface area contributed by atoms with E-state index in [2.05, 4.69) is 10.5 Å². The van der Waals surface area contributed by atoms with Gasteiger partial charge in [0.25, 0.3) is 5.69 Å². The molecule has 0 atom stereocenters. The number of hydrazone groups is 1. The number of rotatable bonds is 4. The Balaban J connectivity index is 2.83. The number of hydrogen-bond donors (Lipinski definition) is 1. The van der Waals surface area contributed by atoms with Gasteiger partial charge in [-0.2, -0.15) is 5.10 Å². The second-order valence-electron chi connectivity index (χ2n) is 5.49. The topological polar surface area (TPSA) is 87.8 Å². The van der Waals surface area contributed by atoms with Crippen LogP contribution in [-0.2, 0) is 0 Å². The molecule has 0 aliphatic rings. The molecular formula is C14H16Cl2N4O3. The van der Waals surface area contributed by atoms with E-state index in [1.54, 1.807) is 26.8 Å². The van der Waals surface area contributed by atoms with E-state index in [1.807, 2.05) is 0 Å². The van der Waals surface area contributed by atoms with Gasteiger partial charge in [0.15, 0.2) is 0 Å². The third-order valence-electron chi connectivity index (χ3n) is 2.62. The Kier molecular flexibility index (Phi) is 6.53. The summed E-state index contributed by atoms with van der Waals surface area (Å²) >= 11 is 11.2. The summed E-state index contributed by atoms with van der Waals surface area (Å²) in [5.41, 5.74) is 2.17. The first-order valence-electron chi connectivity index (χ1n) is 6.51. The highest BCUT2D eigenvalue weighted by Gasteiger charge is 2.25. The summed E-state index contributed by atoms with van der Waals surface area (Å²) in [6.07, 6.45) is 2.58. The summed E-state index contributed by atoms with van der Waals surface area (Å²) in [5, 5.41) is 14.5. The molecule has 0 radical (unpaired) electrons. The average Bonchev–Trinajstić information content (AvgIpc) is 2.43. The Bertz CT molecular complexity index is 650. The number of nitro groups is 1. The minimum atomic E-state index is -0.569. The molecule has 1 rings (SSSR count). The van der Waals surface area contributed by atoms with Gasteiger partial charge in [-0.05, 0) is 20.8 Å². The second kappa shape index (κ2) is 7.94. The maximum absolute atomic E-state index is 12.1. The van der Waals surface area contributed by atoms with Crippen LogP contribution in [0.5, 0.6) is 0 Å². The van der Waals surface area contributed by atoms with Crippen LogP contribution in [0.15, 0.2) is 40.1 Å². The van der Waals surface area contributed by atoms with E-state index in [0.29, 0.717) is 5.56 Å². The maximum Gasteiger partial charge on any atom is 0.342 e. The third-order valence-corrected chi connectivity index (χ3v) is 2.82. The Hall–Kier alpha value is -2.12. The van der Waals surface area contributed by atoms with Crippen molar-refractivity contribution >= 4 is 41.1 Å². The zero-order valence-corrected chi connectivity index (χ0v) is 14.3. The lowest BCUT2D eigenvalue weighted by Crippen LogP contribution is -2.45. The van der Waals surface area contributed by atoms with Crippen LogP contribution in [0.1, 0.15) is 26.3 Å². The first kappa shape index (κ1) is 18.9. The van der Waals surface area contributed by atoms with Crippen LogP contribution in [0.4, 0.5) is 10.5 Å². The summed E-state index contributed by atoms with van der Waals surface area (Å²) in [6.45, 7) is 5.39. The Morgan fingerprint density at radius 1 is 1.39 bits per heavy atom. The fourth-order valence-corrected chi connectivity index (χ4v) is 1.78. The molecule has 0 saturated heterocycles. The molecule has 2 amide bonds. The van der Waals surface area contributed by atoms with E-state index in [1.165, 1.54) is 35.5 Å². The molecule has 0 aliphatic carbocycles. The molecule has 0 unspecified atom stereocenters. The lowest BCUT2D eigenvalue weighted by Gasteiger charge is -2.31. The van der Waals surface area contributed by atoms with E-state index < -0.39 is 16.5 Å². The number of halogens is 2. The average molecular weight is 359 g/mol. The fourth-order valence-electron chi connectivity index (χ4n) is 1.59. The SMILES string of the molecule is CC(C)(C)N(C=C(Cl)Cl)C(=O)NN=Cc1cccc([N+](=O)[O-])c1. The molecule has 0 spiro atoms. The molecule has 0 heterocycles. The molecule has 0 fully saturated rings. The smallest absolute Gasteiger partial charge is 0.292 e. The van der Waals surface area contributed by atoms with Crippen molar-refractivity contribution in [1.82, 2.24) is 10.3 Å². The van der Waals surface area contributed by atoms with E-state index in [9.17, 15) is 14.9 Å². The molecular weight excluding hydrogens is 343 g/mol. The number of nitrogens with zero attached hydrogens (tertiary/aromatic N) is 3. The van der Waals surface area contributed by atoms with Gasteiger partial charge in [0, 0.05) is 29.4 Å². The number of benzene rings is 1. The quantitative estimate of drug-likeness (QED) is 0.500. The lowest BCUT2D eigenvalue weighted by molar-refractivity contribution is -0.384. The minimum absolute atomic E-state index is 0.0616. The van der Waals surface area contributed by atoms with Gasteiger partial charge in [0.2, 0.25) is 0 Å². The summed E-state index contributed by atoms with van der Waals surface area (Å²) in [7, 11) is 0. The van der Waals surface area contributed by atoms with Crippen LogP contribution in [0.2, 0.25) is 0 Å². The number of nitrogens with one attached hydrogen (secondary N) is 1. The predicted octanol–water partition coefficient (Wildman–Crippen LogP) is 4.02. The summed E-state index contributed by atoms with van der Waals surface area (Å²) in [5.74, 6) is 0. The zero-order chi connectivity index (χ0) is 17.6. The molecule has 1 aromatic carbocycles. The molecule has 1 aromatic rings. The molecule has 7 nitrogen and oxygen atoms in total. The van der Waals surface area contributed by atoms with Gasteiger partial charge in [0.05, 0.1) is 11.1 Å². The number of carbonyl (C=O) groups is 1. The zero-order valence-electron chi connectivity index (χ0n) is 12.8. The van der Waals surface area contributed by atoms with Crippen LogP contribution >= 0.6 is 23.2 Å². The summed E-state index contributed by atoms with van der Waals surface area (Å²) < 4.78 is -0.0715. The molecule has 9 heteroatoms. The summed E-state index contributed by atoms with van der Waals surface area (Å²) in [6, 6.07) is 5.31. The fraction of sp³-hybridized carbons (Fsp3) is 0.286.